The molecule has 0 aliphatic rings. The number of amides is 1. The minimum absolute atomic E-state index is 0.133. The van der Waals surface area contributed by atoms with Crippen molar-refractivity contribution in [3.05, 3.63) is 101 Å². The molecule has 1 heterocycles. The van der Waals surface area contributed by atoms with Crippen LogP contribution >= 0.6 is 11.8 Å². The van der Waals surface area contributed by atoms with Gasteiger partial charge in [-0.15, -0.1) is 0 Å². The lowest BCUT2D eigenvalue weighted by molar-refractivity contribution is -0.115. The summed E-state index contributed by atoms with van der Waals surface area (Å²) in [5.74, 6) is -0.133. The number of anilines is 1. The number of benzene rings is 3. The van der Waals surface area contributed by atoms with Crippen molar-refractivity contribution in [1.29, 1.82) is 5.26 Å². The summed E-state index contributed by atoms with van der Waals surface area (Å²) in [6.45, 7) is 7.94. The minimum Gasteiger partial charge on any atom is -0.325 e. The molecule has 0 fully saturated rings. The van der Waals surface area contributed by atoms with Crippen LogP contribution in [-0.2, 0) is 4.79 Å². The number of nitriles is 1. The van der Waals surface area contributed by atoms with Gasteiger partial charge in [-0.1, -0.05) is 78.0 Å². The largest absolute Gasteiger partial charge is 0.325 e. The van der Waals surface area contributed by atoms with Crippen LogP contribution in [0.2, 0.25) is 0 Å². The van der Waals surface area contributed by atoms with Crippen molar-refractivity contribution in [3.8, 4) is 28.5 Å². The number of aromatic nitrogens is 1. The predicted octanol–water partition coefficient (Wildman–Crippen LogP) is 7.33. The van der Waals surface area contributed by atoms with Gasteiger partial charge in [-0.2, -0.15) is 5.26 Å². The van der Waals surface area contributed by atoms with E-state index in [1.807, 2.05) is 107 Å². The first kappa shape index (κ1) is 24.3. The second kappa shape index (κ2) is 10.6. The summed E-state index contributed by atoms with van der Waals surface area (Å²) < 4.78 is 0. The SMILES string of the molecule is Cc1ccc(-c2cc(-c3ccccc3)nc(S[C@@H](C)C(=O)Nc3ccc(C)c(C)c3)c2C#N)cc1. The molecule has 0 radical (unpaired) electrons. The van der Waals surface area contributed by atoms with Gasteiger partial charge in [-0.05, 0) is 62.6 Å². The maximum Gasteiger partial charge on any atom is 0.237 e. The third-order valence-corrected chi connectivity index (χ3v) is 7.05. The molecular formula is C30H27N3OS. The van der Waals surface area contributed by atoms with Gasteiger partial charge in [0.15, 0.2) is 0 Å². The molecule has 35 heavy (non-hydrogen) atoms. The number of nitrogens with one attached hydrogen (secondary N) is 1. The molecular weight excluding hydrogens is 450 g/mol. The van der Waals surface area contributed by atoms with Crippen molar-refractivity contribution in [2.24, 2.45) is 0 Å². The summed E-state index contributed by atoms with van der Waals surface area (Å²) >= 11 is 1.30. The summed E-state index contributed by atoms with van der Waals surface area (Å²) in [7, 11) is 0. The van der Waals surface area contributed by atoms with Gasteiger partial charge in [0.1, 0.15) is 11.1 Å². The third-order valence-electron chi connectivity index (χ3n) is 5.96. The van der Waals surface area contributed by atoms with Crippen LogP contribution in [0.1, 0.15) is 29.2 Å². The number of pyridine rings is 1. The first-order valence-corrected chi connectivity index (χ1v) is 12.4. The van der Waals surface area contributed by atoms with Crippen LogP contribution < -0.4 is 5.32 Å². The molecule has 0 aliphatic heterocycles. The highest BCUT2D eigenvalue weighted by atomic mass is 32.2. The van der Waals surface area contributed by atoms with Crippen molar-refractivity contribution in [3.63, 3.8) is 0 Å². The fraction of sp³-hybridized carbons (Fsp3) is 0.167. The van der Waals surface area contributed by atoms with Crippen LogP contribution in [0.15, 0.2) is 83.9 Å². The van der Waals surface area contributed by atoms with Crippen LogP contribution in [-0.4, -0.2) is 16.1 Å². The summed E-state index contributed by atoms with van der Waals surface area (Å²) in [6, 6.07) is 28.2. The Labute approximate surface area is 211 Å². The zero-order valence-electron chi connectivity index (χ0n) is 20.3. The lowest BCUT2D eigenvalue weighted by Gasteiger charge is -2.16. The summed E-state index contributed by atoms with van der Waals surface area (Å²) in [6.07, 6.45) is 0. The molecule has 0 saturated carbocycles. The van der Waals surface area contributed by atoms with Crippen molar-refractivity contribution < 1.29 is 4.79 Å². The molecule has 4 rings (SSSR count). The molecule has 0 bridgehead atoms. The van der Waals surface area contributed by atoms with Crippen LogP contribution in [0.4, 0.5) is 5.69 Å². The highest BCUT2D eigenvalue weighted by Crippen LogP contribution is 2.36. The fourth-order valence-corrected chi connectivity index (χ4v) is 4.64. The molecule has 1 aromatic heterocycles. The Hall–Kier alpha value is -3.88. The molecule has 0 unspecified atom stereocenters. The molecule has 1 N–H and O–H groups in total. The van der Waals surface area contributed by atoms with Gasteiger partial charge in [0.2, 0.25) is 5.91 Å². The number of nitrogens with zero attached hydrogens (tertiary/aromatic N) is 2. The Kier molecular flexibility index (Phi) is 7.33. The van der Waals surface area contributed by atoms with E-state index in [1.54, 1.807) is 0 Å². The van der Waals surface area contributed by atoms with E-state index in [-0.39, 0.29) is 5.91 Å². The number of thioether (sulfide) groups is 1. The zero-order valence-corrected chi connectivity index (χ0v) is 21.1. The molecule has 4 aromatic rings. The first-order chi connectivity index (χ1) is 16.9. The van der Waals surface area contributed by atoms with Gasteiger partial charge >= 0.3 is 0 Å². The summed E-state index contributed by atoms with van der Waals surface area (Å²) in [4.78, 5) is 17.9. The molecule has 174 valence electrons. The maximum atomic E-state index is 13.0. The first-order valence-electron chi connectivity index (χ1n) is 11.5. The lowest BCUT2D eigenvalue weighted by Crippen LogP contribution is -2.22. The molecule has 3 aromatic carbocycles. The van der Waals surface area contributed by atoms with Gasteiger partial charge in [0.05, 0.1) is 16.5 Å². The number of hydrogen-bond donors (Lipinski definition) is 1. The van der Waals surface area contributed by atoms with Gasteiger partial charge in [0.25, 0.3) is 0 Å². The standard InChI is InChI=1S/C30H27N3OS/c1-19-10-13-23(14-11-19)26-17-28(24-8-6-5-7-9-24)33-30(27(26)18-31)35-22(4)29(34)32-25-15-12-20(2)21(3)16-25/h5-17,22H,1-4H3,(H,32,34)/t22-/m0/s1. The fourth-order valence-electron chi connectivity index (χ4n) is 3.72. The average Bonchev–Trinajstić information content (AvgIpc) is 2.86. The second-order valence-electron chi connectivity index (χ2n) is 8.63. The normalized spacial score (nSPS) is 11.5. The third kappa shape index (κ3) is 5.62. The van der Waals surface area contributed by atoms with Crippen molar-refractivity contribution >= 4 is 23.4 Å². The highest BCUT2D eigenvalue weighted by Gasteiger charge is 2.21. The van der Waals surface area contributed by atoms with Gasteiger partial charge in [-0.25, -0.2) is 4.98 Å². The number of hydrogen-bond acceptors (Lipinski definition) is 4. The molecule has 0 saturated heterocycles. The van der Waals surface area contributed by atoms with Crippen molar-refractivity contribution in [2.45, 2.75) is 38.0 Å². The van der Waals surface area contributed by atoms with Crippen molar-refractivity contribution in [2.75, 3.05) is 5.32 Å². The zero-order chi connectivity index (χ0) is 24.9. The Morgan fingerprint density at radius 1 is 0.914 bits per heavy atom. The van der Waals surface area contributed by atoms with Gasteiger partial charge in [-0.3, -0.25) is 4.79 Å². The van der Waals surface area contributed by atoms with Crippen molar-refractivity contribution in [1.82, 2.24) is 4.98 Å². The Bertz CT molecular complexity index is 1410. The van der Waals surface area contributed by atoms with Crippen LogP contribution in [0, 0.1) is 32.1 Å². The van der Waals surface area contributed by atoms with E-state index in [4.69, 9.17) is 4.98 Å². The number of rotatable bonds is 6. The number of aryl methyl sites for hydroxylation is 3. The van der Waals surface area contributed by atoms with Crippen LogP contribution in [0.25, 0.3) is 22.4 Å². The molecule has 5 heteroatoms. The topological polar surface area (TPSA) is 65.8 Å². The molecule has 1 atom stereocenters. The Morgan fingerprint density at radius 3 is 2.29 bits per heavy atom. The van der Waals surface area contributed by atoms with E-state index in [9.17, 15) is 10.1 Å². The molecule has 1 amide bonds. The average molecular weight is 478 g/mol. The maximum absolute atomic E-state index is 13.0. The predicted molar refractivity (Wildman–Crippen MR) is 144 cm³/mol. The van der Waals surface area contributed by atoms with E-state index in [0.717, 1.165) is 39.2 Å². The molecule has 0 aliphatic carbocycles. The smallest absolute Gasteiger partial charge is 0.237 e. The monoisotopic (exact) mass is 477 g/mol. The quantitative estimate of drug-likeness (QED) is 0.295. The van der Waals surface area contributed by atoms with Gasteiger partial charge in [0, 0.05) is 16.8 Å². The highest BCUT2D eigenvalue weighted by molar-refractivity contribution is 8.00. The summed E-state index contributed by atoms with van der Waals surface area (Å²) in [5.41, 5.74) is 8.16. The minimum atomic E-state index is -0.451. The van der Waals surface area contributed by atoms with E-state index in [2.05, 4.69) is 11.4 Å². The lowest BCUT2D eigenvalue weighted by atomic mass is 9.98. The Morgan fingerprint density at radius 2 is 1.63 bits per heavy atom. The number of carbonyl (C=O) groups excluding carboxylic acids is 1. The van der Waals surface area contributed by atoms with E-state index in [0.29, 0.717) is 10.6 Å². The van der Waals surface area contributed by atoms with Crippen LogP contribution in [0.5, 0.6) is 0 Å². The Balaban J connectivity index is 1.71. The van der Waals surface area contributed by atoms with Crippen LogP contribution in [0.3, 0.4) is 0 Å². The number of carbonyl (C=O) groups is 1. The van der Waals surface area contributed by atoms with E-state index < -0.39 is 5.25 Å². The second-order valence-corrected chi connectivity index (χ2v) is 9.96. The summed E-state index contributed by atoms with van der Waals surface area (Å²) in [5, 5.41) is 13.2. The molecule has 4 nitrogen and oxygen atoms in total. The van der Waals surface area contributed by atoms with E-state index in [1.165, 1.54) is 17.3 Å². The van der Waals surface area contributed by atoms with E-state index >= 15 is 0 Å². The van der Waals surface area contributed by atoms with Gasteiger partial charge < -0.3 is 5.32 Å². The molecule has 0 spiro atoms.